The van der Waals surface area contributed by atoms with E-state index in [1.165, 1.54) is 19.4 Å². The van der Waals surface area contributed by atoms with Crippen molar-refractivity contribution in [3.8, 4) is 0 Å². The SMILES string of the molecule is CCCC[N+](C)(C)COCCOC. The summed E-state index contributed by atoms with van der Waals surface area (Å²) in [6.07, 6.45) is 2.51. The van der Waals surface area contributed by atoms with Gasteiger partial charge >= 0.3 is 0 Å². The maximum absolute atomic E-state index is 5.48. The molecule has 13 heavy (non-hydrogen) atoms. The van der Waals surface area contributed by atoms with Gasteiger partial charge in [0.1, 0.15) is 0 Å². The van der Waals surface area contributed by atoms with Crippen molar-refractivity contribution in [2.24, 2.45) is 0 Å². The van der Waals surface area contributed by atoms with Crippen molar-refractivity contribution in [1.82, 2.24) is 0 Å². The van der Waals surface area contributed by atoms with Crippen LogP contribution in [-0.2, 0) is 9.47 Å². The first-order valence-corrected chi connectivity index (χ1v) is 5.01. The quantitative estimate of drug-likeness (QED) is 0.328. The van der Waals surface area contributed by atoms with Crippen molar-refractivity contribution in [2.45, 2.75) is 19.8 Å². The van der Waals surface area contributed by atoms with E-state index in [-0.39, 0.29) is 0 Å². The predicted octanol–water partition coefficient (Wildman–Crippen LogP) is 1.48. The van der Waals surface area contributed by atoms with Crippen LogP contribution in [0.2, 0.25) is 0 Å². The molecule has 0 aliphatic rings. The van der Waals surface area contributed by atoms with Crippen molar-refractivity contribution in [3.05, 3.63) is 0 Å². The molecule has 3 heteroatoms. The Morgan fingerprint density at radius 2 is 1.85 bits per heavy atom. The minimum Gasteiger partial charge on any atom is -0.382 e. The molecule has 0 amide bonds. The van der Waals surface area contributed by atoms with Gasteiger partial charge in [0.25, 0.3) is 0 Å². The molecule has 0 heterocycles. The average molecular weight is 190 g/mol. The highest BCUT2D eigenvalue weighted by Gasteiger charge is 2.13. The van der Waals surface area contributed by atoms with Gasteiger partial charge in [0.15, 0.2) is 6.73 Å². The van der Waals surface area contributed by atoms with Crippen molar-refractivity contribution in [3.63, 3.8) is 0 Å². The summed E-state index contributed by atoms with van der Waals surface area (Å²) in [6, 6.07) is 0. The first kappa shape index (κ1) is 12.9. The lowest BCUT2D eigenvalue weighted by molar-refractivity contribution is -0.909. The fourth-order valence-corrected chi connectivity index (χ4v) is 1.10. The number of unbranched alkanes of at least 4 members (excludes halogenated alkanes) is 1. The van der Waals surface area contributed by atoms with Crippen molar-refractivity contribution in [2.75, 3.05) is 47.7 Å². The van der Waals surface area contributed by atoms with Gasteiger partial charge in [0.05, 0.1) is 33.9 Å². The largest absolute Gasteiger partial charge is 0.382 e. The number of hydrogen-bond acceptors (Lipinski definition) is 2. The van der Waals surface area contributed by atoms with Crippen molar-refractivity contribution in [1.29, 1.82) is 0 Å². The summed E-state index contributed by atoms with van der Waals surface area (Å²) >= 11 is 0. The van der Waals surface area contributed by atoms with Crippen LogP contribution in [0.15, 0.2) is 0 Å². The molecule has 80 valence electrons. The van der Waals surface area contributed by atoms with E-state index < -0.39 is 0 Å². The molecule has 0 aliphatic carbocycles. The van der Waals surface area contributed by atoms with Crippen LogP contribution in [0.4, 0.5) is 0 Å². The van der Waals surface area contributed by atoms with Crippen LogP contribution in [0.5, 0.6) is 0 Å². The smallest absolute Gasteiger partial charge is 0.182 e. The maximum Gasteiger partial charge on any atom is 0.182 e. The second-order valence-corrected chi connectivity index (χ2v) is 4.04. The van der Waals surface area contributed by atoms with Gasteiger partial charge in [0.2, 0.25) is 0 Å². The number of quaternary nitrogens is 1. The van der Waals surface area contributed by atoms with Crippen LogP contribution in [0.1, 0.15) is 19.8 Å². The fourth-order valence-electron chi connectivity index (χ4n) is 1.10. The lowest BCUT2D eigenvalue weighted by atomic mass is 10.3. The minimum atomic E-state index is 0.688. The molecular formula is C10H24NO2+. The van der Waals surface area contributed by atoms with E-state index in [1.807, 2.05) is 0 Å². The number of hydrogen-bond donors (Lipinski definition) is 0. The molecule has 0 rings (SSSR count). The van der Waals surface area contributed by atoms with E-state index >= 15 is 0 Å². The van der Waals surface area contributed by atoms with Gasteiger partial charge in [-0.25, -0.2) is 0 Å². The summed E-state index contributed by atoms with van der Waals surface area (Å²) in [5, 5.41) is 0. The molecule has 0 radical (unpaired) electrons. The third-order valence-electron chi connectivity index (χ3n) is 1.99. The molecule has 0 N–H and O–H groups in total. The molecule has 0 bridgehead atoms. The van der Waals surface area contributed by atoms with Gasteiger partial charge in [-0.15, -0.1) is 0 Å². The molecule has 0 aromatic rings. The molecule has 0 aromatic carbocycles. The zero-order chi connectivity index (χ0) is 10.2. The van der Waals surface area contributed by atoms with Gasteiger partial charge in [0, 0.05) is 7.11 Å². The van der Waals surface area contributed by atoms with Gasteiger partial charge in [-0.2, -0.15) is 0 Å². The van der Waals surface area contributed by atoms with Crippen LogP contribution in [0.25, 0.3) is 0 Å². The van der Waals surface area contributed by atoms with Gasteiger partial charge < -0.3 is 14.0 Å². The van der Waals surface area contributed by atoms with E-state index in [0.717, 1.165) is 11.2 Å². The first-order chi connectivity index (χ1) is 6.12. The van der Waals surface area contributed by atoms with Crippen molar-refractivity contribution >= 4 is 0 Å². The molecule has 0 aromatic heterocycles. The summed E-state index contributed by atoms with van der Waals surface area (Å²) in [7, 11) is 6.09. The topological polar surface area (TPSA) is 18.5 Å². The second-order valence-electron chi connectivity index (χ2n) is 4.04. The number of nitrogens with zero attached hydrogens (tertiary/aromatic N) is 1. The standard InChI is InChI=1S/C10H24NO2/c1-5-6-7-11(2,3)10-13-9-8-12-4/h5-10H2,1-4H3/q+1. The van der Waals surface area contributed by atoms with E-state index in [4.69, 9.17) is 9.47 Å². The van der Waals surface area contributed by atoms with E-state index in [1.54, 1.807) is 7.11 Å². The van der Waals surface area contributed by atoms with Crippen LogP contribution >= 0.6 is 0 Å². The van der Waals surface area contributed by atoms with Crippen molar-refractivity contribution < 1.29 is 14.0 Å². The lowest BCUT2D eigenvalue weighted by Crippen LogP contribution is -2.42. The third kappa shape index (κ3) is 8.22. The molecule has 0 saturated heterocycles. The lowest BCUT2D eigenvalue weighted by Gasteiger charge is -2.29. The Bertz CT molecular complexity index is 115. The Morgan fingerprint density at radius 1 is 1.15 bits per heavy atom. The number of rotatable bonds is 8. The zero-order valence-electron chi connectivity index (χ0n) is 9.51. The predicted molar refractivity (Wildman–Crippen MR) is 54.6 cm³/mol. The molecule has 0 spiro atoms. The molecule has 0 fully saturated rings. The van der Waals surface area contributed by atoms with Crippen LogP contribution < -0.4 is 0 Å². The van der Waals surface area contributed by atoms with E-state index in [2.05, 4.69) is 21.0 Å². The molecule has 0 atom stereocenters. The van der Waals surface area contributed by atoms with Gasteiger partial charge in [-0.1, -0.05) is 13.3 Å². The number of methoxy groups -OCH3 is 1. The average Bonchev–Trinajstić information content (AvgIpc) is 2.09. The molecule has 3 nitrogen and oxygen atoms in total. The normalized spacial score (nSPS) is 12.0. The summed E-state index contributed by atoms with van der Waals surface area (Å²) < 4.78 is 11.3. The molecule has 0 unspecified atom stereocenters. The Hall–Kier alpha value is -0.120. The Kier molecular flexibility index (Phi) is 7.23. The zero-order valence-corrected chi connectivity index (χ0v) is 9.51. The van der Waals surface area contributed by atoms with Gasteiger partial charge in [-0.05, 0) is 6.42 Å². The Labute approximate surface area is 82.2 Å². The van der Waals surface area contributed by atoms with Crippen LogP contribution in [0, 0.1) is 0 Å². The monoisotopic (exact) mass is 190 g/mol. The molecular weight excluding hydrogens is 166 g/mol. The van der Waals surface area contributed by atoms with Crippen LogP contribution in [0.3, 0.4) is 0 Å². The van der Waals surface area contributed by atoms with E-state index in [0.29, 0.717) is 13.2 Å². The highest BCUT2D eigenvalue weighted by Crippen LogP contribution is 2.01. The first-order valence-electron chi connectivity index (χ1n) is 5.01. The third-order valence-corrected chi connectivity index (χ3v) is 1.99. The molecule has 0 aliphatic heterocycles. The van der Waals surface area contributed by atoms with Gasteiger partial charge in [-0.3, -0.25) is 0 Å². The highest BCUT2D eigenvalue weighted by atomic mass is 16.5. The summed E-state index contributed by atoms with van der Waals surface area (Å²) in [5.74, 6) is 0. The minimum absolute atomic E-state index is 0.688. The second kappa shape index (κ2) is 7.30. The fraction of sp³-hybridized carbons (Fsp3) is 1.00. The van der Waals surface area contributed by atoms with E-state index in [9.17, 15) is 0 Å². The molecule has 0 saturated carbocycles. The summed E-state index contributed by atoms with van der Waals surface area (Å²) in [6.45, 7) is 5.57. The maximum atomic E-state index is 5.48. The number of ether oxygens (including phenoxy) is 2. The Morgan fingerprint density at radius 3 is 2.38 bits per heavy atom. The Balaban J connectivity index is 3.39. The summed E-state index contributed by atoms with van der Waals surface area (Å²) in [5.41, 5.74) is 0. The summed E-state index contributed by atoms with van der Waals surface area (Å²) in [4.78, 5) is 0. The highest BCUT2D eigenvalue weighted by molar-refractivity contribution is 4.32. The van der Waals surface area contributed by atoms with Crippen LogP contribution in [-0.4, -0.2) is 52.2 Å².